The van der Waals surface area contributed by atoms with E-state index in [-0.39, 0.29) is 11.9 Å². The van der Waals surface area contributed by atoms with Crippen LogP contribution in [0.25, 0.3) is 0 Å². The van der Waals surface area contributed by atoms with Crippen molar-refractivity contribution in [3.05, 3.63) is 35.9 Å². The van der Waals surface area contributed by atoms with Crippen LogP contribution in [0, 0.1) is 5.92 Å². The van der Waals surface area contributed by atoms with Gasteiger partial charge in [0.15, 0.2) is 0 Å². The zero-order valence-electron chi connectivity index (χ0n) is 13.9. The first kappa shape index (κ1) is 16.1. The monoisotopic (exact) mass is 330 g/mol. The summed E-state index contributed by atoms with van der Waals surface area (Å²) in [6.07, 6.45) is 3.28. The number of nitrogens with one attached hydrogen (secondary N) is 1. The maximum absolute atomic E-state index is 12.3. The number of hydrogen-bond donors (Lipinski definition) is 2. The first-order valence-corrected chi connectivity index (χ1v) is 9.07. The Morgan fingerprint density at radius 1 is 1.29 bits per heavy atom. The molecule has 0 bridgehead atoms. The summed E-state index contributed by atoms with van der Waals surface area (Å²) in [4.78, 5) is 14.7. The number of hydrogen-bond acceptors (Lipinski definition) is 4. The molecule has 130 valence electrons. The van der Waals surface area contributed by atoms with Crippen LogP contribution in [0.2, 0.25) is 0 Å². The Kier molecular flexibility index (Phi) is 4.57. The van der Waals surface area contributed by atoms with Gasteiger partial charge in [-0.15, -0.1) is 0 Å². The molecule has 1 aromatic rings. The van der Waals surface area contributed by atoms with Crippen molar-refractivity contribution in [3.8, 4) is 0 Å². The number of morpholine rings is 1. The molecule has 1 aliphatic carbocycles. The van der Waals surface area contributed by atoms with E-state index in [0.29, 0.717) is 18.6 Å². The van der Waals surface area contributed by atoms with Gasteiger partial charge in [-0.05, 0) is 30.7 Å². The molecular formula is C19H26N2O3. The van der Waals surface area contributed by atoms with Crippen LogP contribution in [0.4, 0.5) is 0 Å². The molecular weight excluding hydrogens is 304 g/mol. The van der Waals surface area contributed by atoms with Crippen LogP contribution in [0.3, 0.4) is 0 Å². The van der Waals surface area contributed by atoms with Gasteiger partial charge in [-0.1, -0.05) is 30.3 Å². The third kappa shape index (κ3) is 3.63. The normalized spacial score (nSPS) is 31.5. The predicted octanol–water partition coefficient (Wildman–Crippen LogP) is 0.958. The van der Waals surface area contributed by atoms with E-state index in [2.05, 4.69) is 10.2 Å². The quantitative estimate of drug-likeness (QED) is 0.844. The minimum Gasteiger partial charge on any atom is -0.383 e. The number of benzene rings is 1. The summed E-state index contributed by atoms with van der Waals surface area (Å²) in [6.45, 7) is 2.65. The Morgan fingerprint density at radius 3 is 2.83 bits per heavy atom. The summed E-state index contributed by atoms with van der Waals surface area (Å²) in [5.74, 6) is 0.496. The zero-order valence-corrected chi connectivity index (χ0v) is 13.9. The summed E-state index contributed by atoms with van der Waals surface area (Å²) < 4.78 is 5.99. The summed E-state index contributed by atoms with van der Waals surface area (Å²) in [7, 11) is 0. The summed E-state index contributed by atoms with van der Waals surface area (Å²) in [5, 5.41) is 13.2. The van der Waals surface area contributed by atoms with E-state index < -0.39 is 6.10 Å². The average molecular weight is 330 g/mol. The molecule has 2 heterocycles. The SMILES string of the molecule is O=C(N[C@H]1C[C@H]2CO[C@@H](C3CC3)CN2C1)[C@@H](O)Cc1ccccc1. The molecule has 0 aromatic heterocycles. The lowest BCUT2D eigenvalue weighted by molar-refractivity contribution is -0.129. The topological polar surface area (TPSA) is 61.8 Å². The first-order chi connectivity index (χ1) is 11.7. The van der Waals surface area contributed by atoms with Crippen LogP contribution < -0.4 is 5.32 Å². The van der Waals surface area contributed by atoms with Crippen molar-refractivity contribution in [2.24, 2.45) is 5.92 Å². The highest BCUT2D eigenvalue weighted by Crippen LogP contribution is 2.37. The largest absolute Gasteiger partial charge is 0.383 e. The number of nitrogens with zero attached hydrogens (tertiary/aromatic N) is 1. The van der Waals surface area contributed by atoms with E-state index in [4.69, 9.17) is 4.74 Å². The second kappa shape index (κ2) is 6.82. The number of aliphatic hydroxyl groups is 1. The molecule has 24 heavy (non-hydrogen) atoms. The van der Waals surface area contributed by atoms with Crippen molar-refractivity contribution in [2.45, 2.75) is 50.0 Å². The van der Waals surface area contributed by atoms with Gasteiger partial charge < -0.3 is 15.2 Å². The highest BCUT2D eigenvalue weighted by Gasteiger charge is 2.42. The minimum absolute atomic E-state index is 0.120. The second-order valence-electron chi connectivity index (χ2n) is 7.46. The van der Waals surface area contributed by atoms with Crippen molar-refractivity contribution >= 4 is 5.91 Å². The van der Waals surface area contributed by atoms with Gasteiger partial charge in [-0.25, -0.2) is 0 Å². The fourth-order valence-corrected chi connectivity index (χ4v) is 3.98. The van der Waals surface area contributed by atoms with Crippen molar-refractivity contribution in [2.75, 3.05) is 19.7 Å². The molecule has 0 spiro atoms. The zero-order chi connectivity index (χ0) is 16.5. The fourth-order valence-electron chi connectivity index (χ4n) is 3.98. The van der Waals surface area contributed by atoms with Crippen molar-refractivity contribution in [1.82, 2.24) is 10.2 Å². The van der Waals surface area contributed by atoms with Crippen LogP contribution in [-0.2, 0) is 16.0 Å². The van der Waals surface area contributed by atoms with Gasteiger partial charge in [-0.3, -0.25) is 9.69 Å². The molecule has 5 heteroatoms. The van der Waals surface area contributed by atoms with Gasteiger partial charge in [-0.2, -0.15) is 0 Å². The molecule has 2 aliphatic heterocycles. The third-order valence-electron chi connectivity index (χ3n) is 5.51. The van der Waals surface area contributed by atoms with Gasteiger partial charge in [0.25, 0.3) is 0 Å². The second-order valence-corrected chi connectivity index (χ2v) is 7.46. The molecule has 2 saturated heterocycles. The van der Waals surface area contributed by atoms with Crippen molar-refractivity contribution < 1.29 is 14.6 Å². The molecule has 3 fully saturated rings. The van der Waals surface area contributed by atoms with Gasteiger partial charge >= 0.3 is 0 Å². The lowest BCUT2D eigenvalue weighted by Crippen LogP contribution is -2.47. The lowest BCUT2D eigenvalue weighted by Gasteiger charge is -2.35. The van der Waals surface area contributed by atoms with Gasteiger partial charge in [0.2, 0.25) is 5.91 Å². The number of fused-ring (bicyclic) bond motifs is 1. The number of rotatable bonds is 5. The first-order valence-electron chi connectivity index (χ1n) is 9.07. The molecule has 1 saturated carbocycles. The fraction of sp³-hybridized carbons (Fsp3) is 0.632. The minimum atomic E-state index is -0.986. The predicted molar refractivity (Wildman–Crippen MR) is 90.5 cm³/mol. The third-order valence-corrected chi connectivity index (χ3v) is 5.51. The Labute approximate surface area is 143 Å². The van der Waals surface area contributed by atoms with Crippen LogP contribution >= 0.6 is 0 Å². The Bertz CT molecular complexity index is 575. The maximum atomic E-state index is 12.3. The van der Waals surface area contributed by atoms with E-state index in [0.717, 1.165) is 37.6 Å². The van der Waals surface area contributed by atoms with E-state index >= 15 is 0 Å². The standard InChI is InChI=1S/C19H26N2O3/c22-17(8-13-4-2-1-3-5-13)19(23)20-15-9-16-12-24-18(14-6-7-14)11-21(16)10-15/h1-5,14-18,22H,6-12H2,(H,20,23)/t15-,16-,17-,18+/m0/s1. The van der Waals surface area contributed by atoms with E-state index in [1.807, 2.05) is 30.3 Å². The van der Waals surface area contributed by atoms with Crippen LogP contribution in [0.15, 0.2) is 30.3 Å². The highest BCUT2D eigenvalue weighted by atomic mass is 16.5. The highest BCUT2D eigenvalue weighted by molar-refractivity contribution is 5.81. The van der Waals surface area contributed by atoms with Gasteiger partial charge in [0, 0.05) is 31.6 Å². The number of carbonyl (C=O) groups excluding carboxylic acids is 1. The van der Waals surface area contributed by atoms with E-state index in [1.165, 1.54) is 12.8 Å². The van der Waals surface area contributed by atoms with Crippen LogP contribution in [0.5, 0.6) is 0 Å². The Balaban J connectivity index is 1.27. The van der Waals surface area contributed by atoms with Crippen LogP contribution in [0.1, 0.15) is 24.8 Å². The molecule has 4 atom stereocenters. The molecule has 5 nitrogen and oxygen atoms in total. The molecule has 0 radical (unpaired) electrons. The van der Waals surface area contributed by atoms with E-state index in [9.17, 15) is 9.90 Å². The Hall–Kier alpha value is -1.43. The maximum Gasteiger partial charge on any atom is 0.249 e. The summed E-state index contributed by atoms with van der Waals surface area (Å²) in [5.41, 5.74) is 0.977. The average Bonchev–Trinajstić information content (AvgIpc) is 3.36. The van der Waals surface area contributed by atoms with Gasteiger partial charge in [0.05, 0.1) is 12.7 Å². The molecule has 2 N–H and O–H groups in total. The molecule has 0 unspecified atom stereocenters. The number of carbonyl (C=O) groups is 1. The van der Waals surface area contributed by atoms with Crippen LogP contribution in [-0.4, -0.2) is 59.9 Å². The molecule has 1 amide bonds. The lowest BCUT2D eigenvalue weighted by atomic mass is 10.1. The molecule has 3 aliphatic rings. The summed E-state index contributed by atoms with van der Waals surface area (Å²) in [6, 6.07) is 10.2. The van der Waals surface area contributed by atoms with Crippen molar-refractivity contribution in [1.29, 1.82) is 0 Å². The smallest absolute Gasteiger partial charge is 0.249 e. The number of aliphatic hydroxyl groups excluding tert-OH is 1. The number of ether oxygens (including phenoxy) is 1. The van der Waals surface area contributed by atoms with Gasteiger partial charge in [0.1, 0.15) is 6.10 Å². The number of amides is 1. The molecule has 4 rings (SSSR count). The summed E-state index contributed by atoms with van der Waals surface area (Å²) >= 11 is 0. The Morgan fingerprint density at radius 2 is 2.08 bits per heavy atom. The molecule has 1 aromatic carbocycles. The van der Waals surface area contributed by atoms with E-state index in [1.54, 1.807) is 0 Å². The van der Waals surface area contributed by atoms with Crippen molar-refractivity contribution in [3.63, 3.8) is 0 Å².